The molecule has 5 heteroatoms. The van der Waals surface area contributed by atoms with Crippen molar-refractivity contribution in [1.82, 2.24) is 0 Å². The van der Waals surface area contributed by atoms with Gasteiger partial charge in [0.1, 0.15) is 0 Å². The van der Waals surface area contributed by atoms with Gasteiger partial charge in [-0.15, -0.1) is 0 Å². The van der Waals surface area contributed by atoms with Crippen LogP contribution in [0.5, 0.6) is 0 Å². The number of carboxylic acids is 1. The molecule has 1 aliphatic heterocycles. The number of aliphatic hydroxyl groups excluding tert-OH is 2. The molecule has 5 nitrogen and oxygen atoms in total. The van der Waals surface area contributed by atoms with E-state index in [0.717, 1.165) is 25.7 Å². The predicted octanol–water partition coefficient (Wildman–Crippen LogP) is 3.45. The van der Waals surface area contributed by atoms with Crippen LogP contribution in [0.4, 0.5) is 0 Å². The number of carbonyl (C=O) groups is 1. The third-order valence-electron chi connectivity index (χ3n) is 5.53. The Balaban J connectivity index is 1.78. The molecule has 0 spiro atoms. The standard InChI is InChI=1S/C21H34O5/c1-14(2)6-5-7-15(22)10-11-17-18-12-16(8-3-4-9-21(24)25)26-20(18)13-19(17)23/h6,10-11,15-20,22-23H,3-5,7-9,12-13H2,1-2H3,(H,24,25)/b11-10+/t15-,16+,17+,18+,19?,20-/m0/s1. The van der Waals surface area contributed by atoms with E-state index in [1.54, 1.807) is 0 Å². The van der Waals surface area contributed by atoms with Gasteiger partial charge in [-0.2, -0.15) is 0 Å². The largest absolute Gasteiger partial charge is 0.481 e. The SMILES string of the molecule is CC(C)=CCC[C@H](O)/C=C/[C@H]1C(O)C[C@@H]2O[C@H](CCCCC(=O)O)C[C@@H]21. The van der Waals surface area contributed by atoms with Crippen LogP contribution in [-0.4, -0.2) is 45.7 Å². The number of hydrogen-bond acceptors (Lipinski definition) is 4. The van der Waals surface area contributed by atoms with Crippen molar-refractivity contribution in [3.63, 3.8) is 0 Å². The number of carboxylic acid groups (broad SMARTS) is 1. The second-order valence-electron chi connectivity index (χ2n) is 8.03. The van der Waals surface area contributed by atoms with Gasteiger partial charge >= 0.3 is 5.97 Å². The fraction of sp³-hybridized carbons (Fsp3) is 0.762. The van der Waals surface area contributed by atoms with Crippen molar-refractivity contribution >= 4 is 5.97 Å². The molecule has 2 fully saturated rings. The number of hydrogen-bond donors (Lipinski definition) is 3. The molecule has 1 heterocycles. The van der Waals surface area contributed by atoms with Crippen LogP contribution in [0.3, 0.4) is 0 Å². The van der Waals surface area contributed by atoms with Gasteiger partial charge in [-0.1, -0.05) is 30.2 Å². The first-order valence-electron chi connectivity index (χ1n) is 9.92. The van der Waals surface area contributed by atoms with Crippen molar-refractivity contribution in [3.05, 3.63) is 23.8 Å². The minimum atomic E-state index is -0.745. The number of aliphatic hydroxyl groups is 2. The predicted molar refractivity (Wildman–Crippen MR) is 101 cm³/mol. The first kappa shape index (κ1) is 21.1. The number of unbranched alkanes of at least 4 members (excludes halogenated alkanes) is 1. The van der Waals surface area contributed by atoms with E-state index in [9.17, 15) is 15.0 Å². The maximum Gasteiger partial charge on any atom is 0.303 e. The average Bonchev–Trinajstić information content (AvgIpc) is 3.05. The van der Waals surface area contributed by atoms with Gasteiger partial charge in [-0.3, -0.25) is 4.79 Å². The van der Waals surface area contributed by atoms with Crippen LogP contribution in [0.15, 0.2) is 23.8 Å². The summed E-state index contributed by atoms with van der Waals surface area (Å²) >= 11 is 0. The van der Waals surface area contributed by atoms with Crippen LogP contribution in [0.2, 0.25) is 0 Å². The second kappa shape index (κ2) is 10.2. The zero-order chi connectivity index (χ0) is 19.1. The Kier molecular flexibility index (Phi) is 8.32. The van der Waals surface area contributed by atoms with E-state index in [1.807, 2.05) is 12.2 Å². The summed E-state index contributed by atoms with van der Waals surface area (Å²) in [6.07, 6.45) is 11.1. The molecule has 0 aromatic rings. The van der Waals surface area contributed by atoms with Crippen molar-refractivity contribution in [3.8, 4) is 0 Å². The first-order chi connectivity index (χ1) is 12.4. The molecule has 1 saturated heterocycles. The third-order valence-corrected chi connectivity index (χ3v) is 5.53. The summed E-state index contributed by atoms with van der Waals surface area (Å²) < 4.78 is 6.08. The van der Waals surface area contributed by atoms with Crippen molar-refractivity contribution in [2.45, 2.75) is 89.6 Å². The van der Waals surface area contributed by atoms with Crippen LogP contribution in [0, 0.1) is 11.8 Å². The van der Waals surface area contributed by atoms with Gasteiger partial charge < -0.3 is 20.1 Å². The molecule has 26 heavy (non-hydrogen) atoms. The molecular weight excluding hydrogens is 332 g/mol. The molecule has 2 rings (SSSR count). The van der Waals surface area contributed by atoms with Crippen molar-refractivity contribution < 1.29 is 24.9 Å². The fourth-order valence-corrected chi connectivity index (χ4v) is 4.18. The summed E-state index contributed by atoms with van der Waals surface area (Å²) in [7, 11) is 0. The van der Waals surface area contributed by atoms with E-state index in [-0.39, 0.29) is 24.5 Å². The number of rotatable bonds is 10. The van der Waals surface area contributed by atoms with E-state index in [1.165, 1.54) is 5.57 Å². The second-order valence-corrected chi connectivity index (χ2v) is 8.03. The Morgan fingerprint density at radius 3 is 2.73 bits per heavy atom. The van der Waals surface area contributed by atoms with E-state index in [0.29, 0.717) is 25.2 Å². The Bertz CT molecular complexity index is 509. The first-order valence-corrected chi connectivity index (χ1v) is 9.92. The molecule has 0 bridgehead atoms. The normalized spacial score (nSPS) is 31.9. The minimum absolute atomic E-state index is 0.0436. The Labute approximate surface area is 156 Å². The summed E-state index contributed by atoms with van der Waals surface area (Å²) in [6, 6.07) is 0. The molecule has 1 unspecified atom stereocenters. The molecule has 3 N–H and O–H groups in total. The monoisotopic (exact) mass is 366 g/mol. The van der Waals surface area contributed by atoms with Crippen molar-refractivity contribution in [1.29, 1.82) is 0 Å². The Hall–Kier alpha value is -1.17. The quantitative estimate of drug-likeness (QED) is 0.407. The Morgan fingerprint density at radius 1 is 1.27 bits per heavy atom. The number of aliphatic carboxylic acids is 1. The molecule has 2 aliphatic rings. The lowest BCUT2D eigenvalue weighted by molar-refractivity contribution is -0.137. The topological polar surface area (TPSA) is 87.0 Å². The fourth-order valence-electron chi connectivity index (χ4n) is 4.18. The number of fused-ring (bicyclic) bond motifs is 1. The molecule has 1 saturated carbocycles. The van der Waals surface area contributed by atoms with E-state index >= 15 is 0 Å². The maximum atomic E-state index is 10.6. The highest BCUT2D eigenvalue weighted by molar-refractivity contribution is 5.66. The summed E-state index contributed by atoms with van der Waals surface area (Å²) in [5, 5.41) is 29.1. The lowest BCUT2D eigenvalue weighted by atomic mass is 9.89. The van der Waals surface area contributed by atoms with Gasteiger partial charge in [0.2, 0.25) is 0 Å². The van der Waals surface area contributed by atoms with Gasteiger partial charge in [-0.05, 0) is 51.9 Å². The summed E-state index contributed by atoms with van der Waals surface area (Å²) in [5.74, 6) is -0.400. The van der Waals surface area contributed by atoms with Crippen LogP contribution in [-0.2, 0) is 9.53 Å². The summed E-state index contributed by atoms with van der Waals surface area (Å²) in [6.45, 7) is 4.10. The smallest absolute Gasteiger partial charge is 0.303 e. The maximum absolute atomic E-state index is 10.6. The molecule has 6 atom stereocenters. The van der Waals surface area contributed by atoms with Gasteiger partial charge in [0, 0.05) is 18.8 Å². The summed E-state index contributed by atoms with van der Waals surface area (Å²) in [5.41, 5.74) is 1.26. The van der Waals surface area contributed by atoms with Crippen LogP contribution in [0.1, 0.15) is 65.2 Å². The zero-order valence-electron chi connectivity index (χ0n) is 16.0. The van der Waals surface area contributed by atoms with Gasteiger partial charge in [0.05, 0.1) is 24.4 Å². The van der Waals surface area contributed by atoms with Crippen molar-refractivity contribution in [2.24, 2.45) is 11.8 Å². The molecule has 0 amide bonds. The number of ether oxygens (including phenoxy) is 1. The highest BCUT2D eigenvalue weighted by atomic mass is 16.5. The molecule has 148 valence electrons. The van der Waals surface area contributed by atoms with Gasteiger partial charge in [0.15, 0.2) is 0 Å². The minimum Gasteiger partial charge on any atom is -0.481 e. The molecule has 0 radical (unpaired) electrons. The lowest BCUT2D eigenvalue weighted by Gasteiger charge is -2.18. The molecule has 0 aromatic carbocycles. The van der Waals surface area contributed by atoms with Crippen LogP contribution < -0.4 is 0 Å². The van der Waals surface area contributed by atoms with E-state index in [2.05, 4.69) is 19.9 Å². The number of allylic oxidation sites excluding steroid dienone is 2. The van der Waals surface area contributed by atoms with Gasteiger partial charge in [0.25, 0.3) is 0 Å². The molecule has 0 aromatic heterocycles. The molecule has 1 aliphatic carbocycles. The summed E-state index contributed by atoms with van der Waals surface area (Å²) in [4.78, 5) is 10.6. The zero-order valence-corrected chi connectivity index (χ0v) is 16.0. The average molecular weight is 366 g/mol. The molecular formula is C21H34O5. The van der Waals surface area contributed by atoms with Crippen LogP contribution >= 0.6 is 0 Å². The lowest BCUT2D eigenvalue weighted by Crippen LogP contribution is -2.19. The third kappa shape index (κ3) is 6.53. The van der Waals surface area contributed by atoms with E-state index in [4.69, 9.17) is 9.84 Å². The van der Waals surface area contributed by atoms with E-state index < -0.39 is 18.2 Å². The Morgan fingerprint density at radius 2 is 2.04 bits per heavy atom. The van der Waals surface area contributed by atoms with Crippen LogP contribution in [0.25, 0.3) is 0 Å². The highest BCUT2D eigenvalue weighted by Crippen LogP contribution is 2.45. The van der Waals surface area contributed by atoms with Gasteiger partial charge in [-0.25, -0.2) is 0 Å². The highest BCUT2D eigenvalue weighted by Gasteiger charge is 2.47. The van der Waals surface area contributed by atoms with Crippen molar-refractivity contribution in [2.75, 3.05) is 0 Å².